The lowest BCUT2D eigenvalue weighted by Crippen LogP contribution is -2.39. The number of ether oxygens (including phenoxy) is 1. The summed E-state index contributed by atoms with van der Waals surface area (Å²) < 4.78 is 73.4. The lowest BCUT2D eigenvalue weighted by molar-refractivity contribution is -0.870. The number of likely N-dealkylation sites (N-methyl/N-ethyl adjacent to an activating group) is 1. The molecular weight excluding hydrogens is 605 g/mol. The Morgan fingerprint density at radius 3 is 2.39 bits per heavy atom. The molecule has 0 bridgehead atoms. The number of fused-ring (bicyclic) bond motifs is 1. The molecular formula is C28H32F3N6O6S+. The molecule has 0 amide bonds. The summed E-state index contributed by atoms with van der Waals surface area (Å²) in [5.41, 5.74) is 0.547. The third-order valence-corrected chi connectivity index (χ3v) is 6.60. The first-order valence-corrected chi connectivity index (χ1v) is 14.8. The molecule has 1 aromatic heterocycles. The zero-order valence-corrected chi connectivity index (χ0v) is 25.6. The van der Waals surface area contributed by atoms with Gasteiger partial charge in [0, 0.05) is 17.8 Å². The van der Waals surface area contributed by atoms with Gasteiger partial charge in [0.25, 0.3) is 10.1 Å². The number of aromatic amines is 1. The molecule has 16 heteroatoms. The number of nitriles is 1. The van der Waals surface area contributed by atoms with Crippen LogP contribution in [0.2, 0.25) is 0 Å². The van der Waals surface area contributed by atoms with Gasteiger partial charge in [0.15, 0.2) is 0 Å². The minimum absolute atomic E-state index is 0.0105. The molecule has 3 aromatic rings. The van der Waals surface area contributed by atoms with Crippen LogP contribution in [0.15, 0.2) is 58.5 Å². The number of hydrogen-bond acceptors (Lipinski definition) is 8. The zero-order chi connectivity index (χ0) is 33.2. The van der Waals surface area contributed by atoms with Crippen LogP contribution in [-0.2, 0) is 32.2 Å². The fourth-order valence-electron chi connectivity index (χ4n) is 4.69. The topological polar surface area (TPSA) is 158 Å². The van der Waals surface area contributed by atoms with E-state index in [-0.39, 0.29) is 22.9 Å². The molecule has 1 atom stereocenters. The van der Waals surface area contributed by atoms with Gasteiger partial charge in [0.1, 0.15) is 6.04 Å². The largest absolute Gasteiger partial charge is 0.466 e. The highest BCUT2D eigenvalue weighted by molar-refractivity contribution is 7.85. The number of allylic oxidation sites excluding steroid dienone is 1. The number of carbonyl (C=O) groups excluding carboxylic acids is 1. The predicted molar refractivity (Wildman–Crippen MR) is 155 cm³/mol. The quantitative estimate of drug-likeness (QED) is 0.235. The standard InChI is InChI=1S/C27H27F3N6O3.CH4O3S/c1-16-22(24(37)39-5)23(21-10-9-17(15-31)13-18(21)11-12-36(2,3)4)35-25(32-33-26(35)38)34(16)20-8-6-7-19(14-20)27(28,29)30;1-5(2,3)4/h6-10,13-14,23H,11-12H2,1-5H3;1H3,(H,2,3,4)/p+1/t23-;/m1./s1. The first kappa shape index (κ1) is 34.0. The van der Waals surface area contributed by atoms with Gasteiger partial charge >= 0.3 is 17.8 Å². The number of rotatable bonds is 6. The highest BCUT2D eigenvalue weighted by Crippen LogP contribution is 2.43. The van der Waals surface area contributed by atoms with Crippen LogP contribution in [0.5, 0.6) is 0 Å². The maximum Gasteiger partial charge on any atom is 0.416 e. The molecule has 236 valence electrons. The normalized spacial score (nSPS) is 15.2. The van der Waals surface area contributed by atoms with Gasteiger partial charge in [0.2, 0.25) is 5.95 Å². The molecule has 44 heavy (non-hydrogen) atoms. The van der Waals surface area contributed by atoms with E-state index in [2.05, 4.69) is 16.3 Å². The summed E-state index contributed by atoms with van der Waals surface area (Å²) in [6.07, 6.45) is -3.37. The second-order valence-corrected chi connectivity index (χ2v) is 12.5. The van der Waals surface area contributed by atoms with Crippen LogP contribution in [0.1, 0.15) is 35.2 Å². The highest BCUT2D eigenvalue weighted by Gasteiger charge is 2.41. The lowest BCUT2D eigenvalue weighted by atomic mass is 9.89. The van der Waals surface area contributed by atoms with Crippen LogP contribution < -0.4 is 10.6 Å². The summed E-state index contributed by atoms with van der Waals surface area (Å²) in [6, 6.07) is 10.7. The number of nitrogens with one attached hydrogen (secondary N) is 1. The number of esters is 1. The average Bonchev–Trinajstić information content (AvgIpc) is 3.29. The fraction of sp³-hybridized carbons (Fsp3) is 0.357. The molecule has 0 saturated heterocycles. The minimum Gasteiger partial charge on any atom is -0.466 e. The third kappa shape index (κ3) is 7.92. The van der Waals surface area contributed by atoms with Gasteiger partial charge in [0.05, 0.1) is 63.8 Å². The number of alkyl halides is 3. The molecule has 0 saturated carbocycles. The molecule has 0 radical (unpaired) electrons. The van der Waals surface area contributed by atoms with Crippen molar-refractivity contribution < 1.29 is 40.2 Å². The molecule has 2 aromatic carbocycles. The maximum atomic E-state index is 13.5. The summed E-state index contributed by atoms with van der Waals surface area (Å²) in [7, 11) is 3.58. The molecule has 0 aliphatic carbocycles. The third-order valence-electron chi connectivity index (χ3n) is 6.60. The van der Waals surface area contributed by atoms with E-state index < -0.39 is 39.6 Å². The van der Waals surface area contributed by atoms with E-state index in [1.165, 1.54) is 28.7 Å². The number of nitrogens with zero attached hydrogens (tertiary/aromatic N) is 5. The Bertz CT molecular complexity index is 1790. The predicted octanol–water partition coefficient (Wildman–Crippen LogP) is 3.40. The van der Waals surface area contributed by atoms with Gasteiger partial charge in [-0.1, -0.05) is 12.1 Å². The maximum absolute atomic E-state index is 13.5. The number of carbonyl (C=O) groups is 1. The molecule has 1 aliphatic rings. The van der Waals surface area contributed by atoms with E-state index in [1.54, 1.807) is 25.1 Å². The molecule has 2 N–H and O–H groups in total. The van der Waals surface area contributed by atoms with Gasteiger partial charge in [-0.05, 0) is 48.4 Å². The van der Waals surface area contributed by atoms with Crippen molar-refractivity contribution >= 4 is 27.7 Å². The summed E-state index contributed by atoms with van der Waals surface area (Å²) in [5, 5.41) is 16.0. The number of aromatic nitrogens is 3. The SMILES string of the molecule is COC(=O)C1=C(C)N(c2cccc(C(F)(F)F)c2)c2n[nH]c(=O)n2[C@@H]1c1ccc(C#N)cc1CC[N+](C)(C)C.CS(=O)(=O)O. The van der Waals surface area contributed by atoms with Crippen molar-refractivity contribution in [2.75, 3.05) is 46.0 Å². The first-order valence-electron chi connectivity index (χ1n) is 13.0. The van der Waals surface area contributed by atoms with Crippen LogP contribution >= 0.6 is 0 Å². The second kappa shape index (κ2) is 12.6. The molecule has 0 spiro atoms. The number of quaternary nitrogens is 1. The van der Waals surface area contributed by atoms with Crippen molar-refractivity contribution in [1.82, 2.24) is 14.8 Å². The van der Waals surface area contributed by atoms with E-state index in [0.29, 0.717) is 34.8 Å². The number of anilines is 2. The number of hydrogen-bond donors (Lipinski definition) is 2. The van der Waals surface area contributed by atoms with E-state index >= 15 is 0 Å². The lowest BCUT2D eigenvalue weighted by Gasteiger charge is -2.36. The van der Waals surface area contributed by atoms with E-state index in [4.69, 9.17) is 9.29 Å². The highest BCUT2D eigenvalue weighted by atomic mass is 32.2. The molecule has 0 unspecified atom stereocenters. The average molecular weight is 638 g/mol. The Hall–Kier alpha value is -4.46. The minimum atomic E-state index is -4.61. The fourth-order valence-corrected chi connectivity index (χ4v) is 4.69. The Labute approximate surface area is 251 Å². The Kier molecular flexibility index (Phi) is 9.78. The summed E-state index contributed by atoms with van der Waals surface area (Å²) in [6.45, 7) is 2.26. The van der Waals surface area contributed by atoms with Crippen molar-refractivity contribution in [3.8, 4) is 6.07 Å². The monoisotopic (exact) mass is 637 g/mol. The summed E-state index contributed by atoms with van der Waals surface area (Å²) in [5.74, 6) is -0.744. The van der Waals surface area contributed by atoms with Crippen molar-refractivity contribution in [2.24, 2.45) is 0 Å². The molecule has 0 fully saturated rings. The molecule has 4 rings (SSSR count). The van der Waals surface area contributed by atoms with E-state index in [1.807, 2.05) is 21.1 Å². The van der Waals surface area contributed by atoms with Gasteiger partial charge in [-0.15, -0.1) is 5.10 Å². The van der Waals surface area contributed by atoms with E-state index in [0.717, 1.165) is 17.7 Å². The van der Waals surface area contributed by atoms with Crippen LogP contribution in [-0.4, -0.2) is 79.2 Å². The molecule has 1 aliphatic heterocycles. The summed E-state index contributed by atoms with van der Waals surface area (Å²) in [4.78, 5) is 27.8. The Morgan fingerprint density at radius 1 is 1.20 bits per heavy atom. The van der Waals surface area contributed by atoms with E-state index in [9.17, 15) is 36.4 Å². The van der Waals surface area contributed by atoms with Gasteiger partial charge in [-0.25, -0.2) is 19.3 Å². The van der Waals surface area contributed by atoms with Crippen molar-refractivity contribution in [3.05, 3.63) is 86.5 Å². The van der Waals surface area contributed by atoms with Crippen LogP contribution in [0.3, 0.4) is 0 Å². The smallest absolute Gasteiger partial charge is 0.416 e. The Balaban J connectivity index is 0.000000978. The number of halogens is 3. The second-order valence-electron chi connectivity index (χ2n) is 11.0. The first-order chi connectivity index (χ1) is 20.3. The van der Waals surface area contributed by atoms with Gasteiger partial charge in [-0.2, -0.15) is 26.9 Å². The van der Waals surface area contributed by atoms with Gasteiger partial charge in [-0.3, -0.25) is 9.45 Å². The Morgan fingerprint density at radius 2 is 1.84 bits per heavy atom. The van der Waals surface area contributed by atoms with Crippen LogP contribution in [0.4, 0.5) is 24.8 Å². The summed E-state index contributed by atoms with van der Waals surface area (Å²) >= 11 is 0. The number of H-pyrrole nitrogens is 1. The number of methoxy groups -OCH3 is 1. The molecule has 12 nitrogen and oxygen atoms in total. The molecule has 2 heterocycles. The van der Waals surface area contributed by atoms with Crippen LogP contribution in [0, 0.1) is 11.3 Å². The van der Waals surface area contributed by atoms with Crippen LogP contribution in [0.25, 0.3) is 0 Å². The number of benzene rings is 2. The van der Waals surface area contributed by atoms with Crippen molar-refractivity contribution in [3.63, 3.8) is 0 Å². The zero-order valence-electron chi connectivity index (χ0n) is 24.8. The van der Waals surface area contributed by atoms with Crippen molar-refractivity contribution in [1.29, 1.82) is 5.26 Å². The van der Waals surface area contributed by atoms with Gasteiger partial charge < -0.3 is 9.22 Å². The van der Waals surface area contributed by atoms with Crippen molar-refractivity contribution in [2.45, 2.75) is 25.6 Å².